The summed E-state index contributed by atoms with van der Waals surface area (Å²) in [5.74, 6) is -1.63. The van der Waals surface area contributed by atoms with Crippen molar-refractivity contribution in [3.05, 3.63) is 29.8 Å². The van der Waals surface area contributed by atoms with Crippen LogP contribution in [0, 0.1) is 40.7 Å². The van der Waals surface area contributed by atoms with Crippen LogP contribution in [0.4, 0.5) is 8.78 Å². The lowest BCUT2D eigenvalue weighted by molar-refractivity contribution is -0.152. The smallest absolute Gasteiger partial charge is 0.244 e. The number of hydrogen-bond acceptors (Lipinski definition) is 4. The number of Topliss-reactive ketones (excluding diaryl/α,β-unsaturated/α-hetero) is 1. The van der Waals surface area contributed by atoms with Gasteiger partial charge in [0.15, 0.2) is 5.78 Å². The van der Waals surface area contributed by atoms with Crippen LogP contribution in [0.25, 0.3) is 0 Å². The molecule has 4 fully saturated rings. The highest BCUT2D eigenvalue weighted by Crippen LogP contribution is 2.62. The fourth-order valence-electron chi connectivity index (χ4n) is 6.37. The predicted octanol–water partition coefficient (Wildman–Crippen LogP) is 2.91. The molecule has 170 valence electrons. The summed E-state index contributed by atoms with van der Waals surface area (Å²) in [6.07, 6.45) is 4.36. The van der Waals surface area contributed by atoms with Crippen LogP contribution >= 0.6 is 0 Å². The second-order valence-electron chi connectivity index (χ2n) is 10.2. The zero-order valence-corrected chi connectivity index (χ0v) is 18.5. The molecule has 1 amide bonds. The van der Waals surface area contributed by atoms with Gasteiger partial charge in [-0.1, -0.05) is 0 Å². The maximum atomic E-state index is 14.0. The van der Waals surface area contributed by atoms with Gasteiger partial charge in [0.25, 0.3) is 0 Å². The summed E-state index contributed by atoms with van der Waals surface area (Å²) in [5, 5.41) is 0. The van der Waals surface area contributed by atoms with Crippen molar-refractivity contribution < 1.29 is 26.8 Å². The van der Waals surface area contributed by atoms with Crippen LogP contribution < -0.4 is 10.5 Å². The van der Waals surface area contributed by atoms with Crippen LogP contribution in [0.15, 0.2) is 23.1 Å². The first-order chi connectivity index (χ1) is 14.3. The first-order valence-electron chi connectivity index (χ1n) is 10.7. The van der Waals surface area contributed by atoms with Gasteiger partial charge in [-0.25, -0.2) is 17.2 Å². The molecule has 0 heterocycles. The van der Waals surface area contributed by atoms with E-state index in [9.17, 15) is 26.8 Å². The van der Waals surface area contributed by atoms with Gasteiger partial charge in [-0.3, -0.25) is 9.59 Å². The molecule has 31 heavy (non-hydrogen) atoms. The van der Waals surface area contributed by atoms with Gasteiger partial charge in [0, 0.05) is 17.9 Å². The number of benzene rings is 1. The number of hydrogen-bond donors (Lipinski definition) is 2. The Morgan fingerprint density at radius 1 is 1.16 bits per heavy atom. The lowest BCUT2D eigenvalue weighted by Crippen LogP contribution is -2.57. The number of halogens is 2. The van der Waals surface area contributed by atoms with Gasteiger partial charge in [-0.2, -0.15) is 4.72 Å². The predicted molar refractivity (Wildman–Crippen MR) is 109 cm³/mol. The van der Waals surface area contributed by atoms with E-state index in [1.165, 1.54) is 13.8 Å². The van der Waals surface area contributed by atoms with Crippen molar-refractivity contribution in [2.24, 2.45) is 34.8 Å². The van der Waals surface area contributed by atoms with Crippen molar-refractivity contribution in [1.82, 2.24) is 4.72 Å². The van der Waals surface area contributed by atoms with Crippen molar-refractivity contribution in [2.45, 2.75) is 62.8 Å². The fraction of sp³-hybridized carbons (Fsp3) is 0.636. The molecule has 4 saturated carbocycles. The summed E-state index contributed by atoms with van der Waals surface area (Å²) < 4.78 is 54.8. The second-order valence-corrected chi connectivity index (χ2v) is 11.9. The molecule has 3 N–H and O–H groups in total. The minimum absolute atomic E-state index is 0.0860. The molecule has 4 bridgehead atoms. The van der Waals surface area contributed by atoms with Crippen LogP contribution in [0.1, 0.15) is 52.4 Å². The first-order valence-corrected chi connectivity index (χ1v) is 12.1. The maximum Gasteiger partial charge on any atom is 0.244 e. The Hall–Kier alpha value is -1.87. The third-order valence-corrected chi connectivity index (χ3v) is 9.37. The van der Waals surface area contributed by atoms with Crippen molar-refractivity contribution in [3.63, 3.8) is 0 Å². The van der Waals surface area contributed by atoms with Crippen molar-refractivity contribution in [2.75, 3.05) is 0 Å². The molecular weight excluding hydrogens is 426 g/mol. The highest BCUT2D eigenvalue weighted by molar-refractivity contribution is 7.89. The first kappa shape index (κ1) is 22.3. The molecule has 1 aromatic rings. The minimum atomic E-state index is -4.37. The molecule has 2 unspecified atom stereocenters. The van der Waals surface area contributed by atoms with E-state index < -0.39 is 37.5 Å². The third kappa shape index (κ3) is 3.91. The molecule has 0 radical (unpaired) electrons. The quantitative estimate of drug-likeness (QED) is 0.661. The molecule has 6 nitrogen and oxygen atoms in total. The molecule has 4 aliphatic carbocycles. The molecule has 2 atom stereocenters. The SMILES string of the molecule is CC(C)(NS(=O)(=O)c1ccc(F)cc1F)C(=O)CC1C2CC3CC1CC(C(N)=O)(C3)C2. The number of primary amides is 1. The lowest BCUT2D eigenvalue weighted by Gasteiger charge is -2.59. The number of nitrogens with two attached hydrogens (primary N) is 1. The van der Waals surface area contributed by atoms with Gasteiger partial charge in [0.05, 0.1) is 5.54 Å². The summed E-state index contributed by atoms with van der Waals surface area (Å²) >= 11 is 0. The summed E-state index contributed by atoms with van der Waals surface area (Å²) in [7, 11) is -4.37. The van der Waals surface area contributed by atoms with E-state index in [0.717, 1.165) is 31.4 Å². The monoisotopic (exact) mass is 454 g/mol. The van der Waals surface area contributed by atoms with E-state index in [2.05, 4.69) is 4.72 Å². The van der Waals surface area contributed by atoms with Gasteiger partial charge in [0.2, 0.25) is 15.9 Å². The number of carbonyl (C=O) groups excluding carboxylic acids is 2. The Morgan fingerprint density at radius 3 is 2.32 bits per heavy atom. The van der Waals surface area contributed by atoms with Gasteiger partial charge in [-0.15, -0.1) is 0 Å². The van der Waals surface area contributed by atoms with E-state index in [4.69, 9.17) is 5.73 Å². The van der Waals surface area contributed by atoms with Crippen LogP contribution in [0.5, 0.6) is 0 Å². The molecule has 0 aromatic heterocycles. The standard InChI is InChI=1S/C22H28F2N2O4S/c1-21(2,26-31(29,30)18-4-3-15(23)7-17(18)24)19(27)8-16-13-5-12-6-14(16)11-22(9-12,10-13)20(25)28/h3-4,7,12-14,16,26H,5-6,8-11H2,1-2H3,(H2,25,28). The largest absolute Gasteiger partial charge is 0.369 e. The van der Waals surface area contributed by atoms with Gasteiger partial charge < -0.3 is 5.73 Å². The van der Waals surface area contributed by atoms with Crippen LogP contribution in [-0.4, -0.2) is 25.6 Å². The summed E-state index contributed by atoms with van der Waals surface area (Å²) in [6.45, 7) is 2.91. The number of rotatable bonds is 7. The molecule has 1 aromatic carbocycles. The molecule has 5 rings (SSSR count). The number of carbonyl (C=O) groups is 2. The van der Waals surface area contributed by atoms with Gasteiger partial charge >= 0.3 is 0 Å². The zero-order valence-electron chi connectivity index (χ0n) is 17.7. The van der Waals surface area contributed by atoms with E-state index in [1.54, 1.807) is 0 Å². The Morgan fingerprint density at radius 2 is 1.77 bits per heavy atom. The van der Waals surface area contributed by atoms with E-state index in [1.807, 2.05) is 0 Å². The minimum Gasteiger partial charge on any atom is -0.369 e. The molecule has 4 aliphatic rings. The van der Waals surface area contributed by atoms with Crippen LogP contribution in [0.3, 0.4) is 0 Å². The molecule has 0 saturated heterocycles. The lowest BCUT2D eigenvalue weighted by atomic mass is 9.45. The topological polar surface area (TPSA) is 106 Å². The summed E-state index contributed by atoms with van der Waals surface area (Å²) in [5.41, 5.74) is 3.80. The maximum absolute atomic E-state index is 14.0. The zero-order chi connectivity index (χ0) is 22.8. The molecule has 0 aliphatic heterocycles. The number of nitrogens with one attached hydrogen (secondary N) is 1. The Bertz CT molecular complexity index is 1020. The van der Waals surface area contributed by atoms with E-state index in [0.29, 0.717) is 24.8 Å². The van der Waals surface area contributed by atoms with Crippen molar-refractivity contribution in [1.29, 1.82) is 0 Å². The normalized spacial score (nSPS) is 32.3. The highest BCUT2D eigenvalue weighted by atomic mass is 32.2. The van der Waals surface area contributed by atoms with E-state index in [-0.39, 0.29) is 35.9 Å². The number of amides is 1. The van der Waals surface area contributed by atoms with Gasteiger partial charge in [-0.05, 0) is 81.8 Å². The average molecular weight is 455 g/mol. The number of ketones is 1. The summed E-state index contributed by atoms with van der Waals surface area (Å²) in [4.78, 5) is 24.6. The molecule has 0 spiro atoms. The third-order valence-electron chi connectivity index (χ3n) is 7.68. The summed E-state index contributed by atoms with van der Waals surface area (Å²) in [6, 6.07) is 2.19. The van der Waals surface area contributed by atoms with Gasteiger partial charge in [0.1, 0.15) is 16.5 Å². The van der Waals surface area contributed by atoms with Crippen LogP contribution in [-0.2, 0) is 19.6 Å². The van der Waals surface area contributed by atoms with Crippen molar-refractivity contribution in [3.8, 4) is 0 Å². The van der Waals surface area contributed by atoms with E-state index >= 15 is 0 Å². The average Bonchev–Trinajstić information content (AvgIpc) is 2.62. The fourth-order valence-corrected chi connectivity index (χ4v) is 7.83. The molecule has 9 heteroatoms. The van der Waals surface area contributed by atoms with Crippen LogP contribution in [0.2, 0.25) is 0 Å². The Kier molecular flexibility index (Phi) is 5.28. The Labute approximate surface area is 181 Å². The highest BCUT2D eigenvalue weighted by Gasteiger charge is 2.58. The molecular formula is C22H28F2N2O4S. The Balaban J connectivity index is 1.49. The second kappa shape index (κ2) is 7.33. The van der Waals surface area contributed by atoms with Crippen molar-refractivity contribution >= 4 is 21.7 Å². The number of sulfonamides is 1.